The first-order valence-electron chi connectivity index (χ1n) is 5.62. The quantitative estimate of drug-likeness (QED) is 0.705. The summed E-state index contributed by atoms with van der Waals surface area (Å²) in [5.41, 5.74) is 7.22. The fraction of sp³-hybridized carbons (Fsp3) is 0.0714. The van der Waals surface area contributed by atoms with Crippen LogP contribution in [0.1, 0.15) is 11.6 Å². The van der Waals surface area contributed by atoms with E-state index in [0.717, 1.165) is 5.69 Å². The molecule has 92 valence electrons. The monoisotopic (exact) mass is 242 g/mol. The molecule has 0 aromatic heterocycles. The molecule has 4 heteroatoms. The number of hydrogen-bond donors (Lipinski definition) is 3. The van der Waals surface area contributed by atoms with Gasteiger partial charge in [-0.15, -0.1) is 0 Å². The highest BCUT2D eigenvalue weighted by Gasteiger charge is 2.18. The molecule has 0 aliphatic heterocycles. The van der Waals surface area contributed by atoms with E-state index >= 15 is 0 Å². The molecule has 0 amide bonds. The Hall–Kier alpha value is -2.33. The third-order valence-electron chi connectivity index (χ3n) is 2.51. The van der Waals surface area contributed by atoms with Crippen LogP contribution in [0.2, 0.25) is 0 Å². The van der Waals surface area contributed by atoms with Crippen molar-refractivity contribution in [3.63, 3.8) is 0 Å². The van der Waals surface area contributed by atoms with Crippen molar-refractivity contribution in [1.29, 1.82) is 0 Å². The summed E-state index contributed by atoms with van der Waals surface area (Å²) in [5.74, 6) is -0.926. The number of benzene rings is 2. The Kier molecular flexibility index (Phi) is 3.94. The van der Waals surface area contributed by atoms with Gasteiger partial charge in [-0.1, -0.05) is 48.5 Å². The van der Waals surface area contributed by atoms with Gasteiger partial charge in [0.25, 0.3) is 0 Å². The maximum Gasteiger partial charge on any atom is 0.327 e. The first kappa shape index (κ1) is 12.1. The van der Waals surface area contributed by atoms with Gasteiger partial charge in [-0.2, -0.15) is 0 Å². The van der Waals surface area contributed by atoms with Crippen molar-refractivity contribution in [2.24, 2.45) is 0 Å². The van der Waals surface area contributed by atoms with Crippen LogP contribution in [0.25, 0.3) is 0 Å². The molecule has 4 nitrogen and oxygen atoms in total. The minimum absolute atomic E-state index is 0.702. The smallest absolute Gasteiger partial charge is 0.327 e. The zero-order chi connectivity index (χ0) is 12.8. The van der Waals surface area contributed by atoms with Gasteiger partial charge < -0.3 is 10.5 Å². The van der Waals surface area contributed by atoms with Gasteiger partial charge in [-0.05, 0) is 17.7 Å². The molecule has 2 aromatic rings. The number of para-hydroxylation sites is 1. The SMILES string of the molecule is O=C(O)C(NNc1ccccc1)c1ccccc1. The fourth-order valence-corrected chi connectivity index (χ4v) is 1.61. The summed E-state index contributed by atoms with van der Waals surface area (Å²) in [7, 11) is 0. The molecule has 0 aliphatic carbocycles. The number of anilines is 1. The minimum atomic E-state index is -0.926. The number of carbonyl (C=O) groups is 1. The molecule has 0 fully saturated rings. The van der Waals surface area contributed by atoms with E-state index in [0.29, 0.717) is 5.56 Å². The largest absolute Gasteiger partial charge is 0.480 e. The van der Waals surface area contributed by atoms with Gasteiger partial charge >= 0.3 is 5.97 Å². The zero-order valence-electron chi connectivity index (χ0n) is 9.71. The van der Waals surface area contributed by atoms with Crippen LogP contribution in [0.5, 0.6) is 0 Å². The molecule has 0 saturated carbocycles. The number of hydrogen-bond acceptors (Lipinski definition) is 3. The van der Waals surface area contributed by atoms with Crippen LogP contribution in [0.15, 0.2) is 60.7 Å². The van der Waals surface area contributed by atoms with E-state index < -0.39 is 12.0 Å². The third kappa shape index (κ3) is 3.09. The molecule has 3 N–H and O–H groups in total. The van der Waals surface area contributed by atoms with E-state index in [4.69, 9.17) is 0 Å². The Balaban J connectivity index is 2.06. The van der Waals surface area contributed by atoms with Crippen LogP contribution >= 0.6 is 0 Å². The molecule has 1 atom stereocenters. The van der Waals surface area contributed by atoms with Crippen molar-refractivity contribution in [1.82, 2.24) is 5.43 Å². The van der Waals surface area contributed by atoms with Crippen LogP contribution < -0.4 is 10.9 Å². The molecular weight excluding hydrogens is 228 g/mol. The molecule has 0 saturated heterocycles. The van der Waals surface area contributed by atoms with Gasteiger partial charge in [0.05, 0.1) is 0 Å². The molecule has 0 heterocycles. The first-order chi connectivity index (χ1) is 8.77. The van der Waals surface area contributed by atoms with Crippen molar-refractivity contribution in [3.8, 4) is 0 Å². The summed E-state index contributed by atoms with van der Waals surface area (Å²) in [5, 5.41) is 9.20. The number of aliphatic carboxylic acids is 1. The van der Waals surface area contributed by atoms with E-state index in [9.17, 15) is 9.90 Å². The maximum absolute atomic E-state index is 11.2. The second-order valence-electron chi connectivity index (χ2n) is 3.82. The minimum Gasteiger partial charge on any atom is -0.480 e. The van der Waals surface area contributed by atoms with Crippen LogP contribution in [-0.4, -0.2) is 11.1 Å². The molecule has 0 radical (unpaired) electrons. The highest BCUT2D eigenvalue weighted by molar-refractivity contribution is 5.75. The van der Waals surface area contributed by atoms with E-state index in [-0.39, 0.29) is 0 Å². The van der Waals surface area contributed by atoms with Crippen molar-refractivity contribution < 1.29 is 9.90 Å². The average Bonchev–Trinajstić information content (AvgIpc) is 2.41. The standard InChI is InChI=1S/C14H14N2O2/c17-14(18)13(11-7-3-1-4-8-11)16-15-12-9-5-2-6-10-12/h1-10,13,15-16H,(H,17,18). The lowest BCUT2D eigenvalue weighted by Crippen LogP contribution is -2.32. The van der Waals surface area contributed by atoms with E-state index in [1.165, 1.54) is 0 Å². The Morgan fingerprint density at radius 2 is 1.50 bits per heavy atom. The van der Waals surface area contributed by atoms with Crippen LogP contribution in [-0.2, 0) is 4.79 Å². The van der Waals surface area contributed by atoms with Gasteiger partial charge in [0.1, 0.15) is 6.04 Å². The molecule has 2 aromatic carbocycles. The summed E-state index contributed by atoms with van der Waals surface area (Å²) in [6, 6.07) is 17.6. The molecule has 1 unspecified atom stereocenters. The fourth-order valence-electron chi connectivity index (χ4n) is 1.61. The molecular formula is C14H14N2O2. The zero-order valence-corrected chi connectivity index (χ0v) is 9.71. The number of hydrazine groups is 1. The second-order valence-corrected chi connectivity index (χ2v) is 3.82. The van der Waals surface area contributed by atoms with Crippen LogP contribution in [0.4, 0.5) is 5.69 Å². The first-order valence-corrected chi connectivity index (χ1v) is 5.62. The van der Waals surface area contributed by atoms with Crippen LogP contribution in [0.3, 0.4) is 0 Å². The normalized spacial score (nSPS) is 11.8. The number of carboxylic acid groups (broad SMARTS) is 1. The highest BCUT2D eigenvalue weighted by atomic mass is 16.4. The van der Waals surface area contributed by atoms with Gasteiger partial charge in [-0.3, -0.25) is 4.79 Å². The number of carboxylic acids is 1. The maximum atomic E-state index is 11.2. The van der Waals surface area contributed by atoms with Gasteiger partial charge in [0.15, 0.2) is 0 Å². The predicted octanol–water partition coefficient (Wildman–Crippen LogP) is 2.43. The predicted molar refractivity (Wildman–Crippen MR) is 70.0 cm³/mol. The van der Waals surface area contributed by atoms with Crippen molar-refractivity contribution in [2.45, 2.75) is 6.04 Å². The lowest BCUT2D eigenvalue weighted by molar-refractivity contribution is -0.139. The Morgan fingerprint density at radius 3 is 2.06 bits per heavy atom. The van der Waals surface area contributed by atoms with E-state index in [2.05, 4.69) is 10.9 Å². The average molecular weight is 242 g/mol. The second kappa shape index (κ2) is 5.84. The molecule has 0 bridgehead atoms. The van der Waals surface area contributed by atoms with E-state index in [1.807, 2.05) is 48.5 Å². The van der Waals surface area contributed by atoms with E-state index in [1.54, 1.807) is 12.1 Å². The highest BCUT2D eigenvalue weighted by Crippen LogP contribution is 2.13. The van der Waals surface area contributed by atoms with Gasteiger partial charge in [0.2, 0.25) is 0 Å². The summed E-state index contributed by atoms with van der Waals surface area (Å²) in [4.78, 5) is 11.2. The lowest BCUT2D eigenvalue weighted by atomic mass is 10.1. The Morgan fingerprint density at radius 1 is 0.944 bits per heavy atom. The summed E-state index contributed by atoms with van der Waals surface area (Å²) in [6.07, 6.45) is 0. The molecule has 2 rings (SSSR count). The van der Waals surface area contributed by atoms with Crippen molar-refractivity contribution in [3.05, 3.63) is 66.2 Å². The van der Waals surface area contributed by atoms with Crippen molar-refractivity contribution >= 4 is 11.7 Å². The van der Waals surface area contributed by atoms with Crippen molar-refractivity contribution in [2.75, 3.05) is 5.43 Å². The Bertz CT molecular complexity index is 500. The lowest BCUT2D eigenvalue weighted by Gasteiger charge is -2.16. The van der Waals surface area contributed by atoms with Gasteiger partial charge in [-0.25, -0.2) is 5.43 Å². The number of nitrogens with one attached hydrogen (secondary N) is 2. The van der Waals surface area contributed by atoms with Crippen LogP contribution in [0, 0.1) is 0 Å². The Labute approximate surface area is 105 Å². The van der Waals surface area contributed by atoms with Gasteiger partial charge in [0, 0.05) is 5.69 Å². The third-order valence-corrected chi connectivity index (χ3v) is 2.51. The summed E-state index contributed by atoms with van der Waals surface area (Å²) >= 11 is 0. The number of rotatable bonds is 5. The molecule has 18 heavy (non-hydrogen) atoms. The summed E-state index contributed by atoms with van der Waals surface area (Å²) < 4.78 is 0. The summed E-state index contributed by atoms with van der Waals surface area (Å²) in [6.45, 7) is 0. The molecule has 0 spiro atoms. The topological polar surface area (TPSA) is 61.4 Å². The molecule has 0 aliphatic rings.